The molecule has 4 rings (SSSR count). The molecule has 0 fully saturated rings. The smallest absolute Gasteiger partial charge is 0.256 e. The molecule has 4 aromatic rings. The van der Waals surface area contributed by atoms with Crippen molar-refractivity contribution in [1.82, 2.24) is 14.9 Å². The summed E-state index contributed by atoms with van der Waals surface area (Å²) in [7, 11) is 4.84. The number of hydrogen-bond donors (Lipinski definition) is 1. The van der Waals surface area contributed by atoms with Crippen LogP contribution >= 0.6 is 0 Å². The number of ether oxygens (including phenoxy) is 1. The minimum atomic E-state index is -0.544. The average Bonchev–Trinajstić information content (AvgIpc) is 3.16. The Balaban J connectivity index is 1.85. The van der Waals surface area contributed by atoms with E-state index in [1.165, 1.54) is 11.0 Å². The van der Waals surface area contributed by atoms with Crippen LogP contribution in [0.2, 0.25) is 0 Å². The molecular formula is C23H20FN3O2. The normalized spacial score (nSPS) is 10.9. The topological polar surface area (TPSA) is 58.2 Å². The van der Waals surface area contributed by atoms with Crippen molar-refractivity contribution in [1.29, 1.82) is 0 Å². The number of methoxy groups -OCH3 is 1. The highest BCUT2D eigenvalue weighted by atomic mass is 19.1. The van der Waals surface area contributed by atoms with Crippen molar-refractivity contribution in [3.8, 4) is 28.0 Å². The molecule has 146 valence electrons. The van der Waals surface area contributed by atoms with Crippen LogP contribution in [0.5, 0.6) is 5.75 Å². The van der Waals surface area contributed by atoms with E-state index < -0.39 is 5.82 Å². The molecule has 29 heavy (non-hydrogen) atoms. The zero-order valence-electron chi connectivity index (χ0n) is 16.4. The van der Waals surface area contributed by atoms with Crippen LogP contribution in [0.4, 0.5) is 4.39 Å². The van der Waals surface area contributed by atoms with Crippen LogP contribution in [0.25, 0.3) is 33.3 Å². The van der Waals surface area contributed by atoms with Gasteiger partial charge in [0.25, 0.3) is 5.91 Å². The molecule has 0 aliphatic heterocycles. The molecule has 0 bridgehead atoms. The van der Waals surface area contributed by atoms with Gasteiger partial charge in [0.15, 0.2) is 0 Å². The minimum Gasteiger partial charge on any atom is -0.496 e. The number of H-pyrrole nitrogens is 1. The van der Waals surface area contributed by atoms with Gasteiger partial charge < -0.3 is 14.6 Å². The first-order chi connectivity index (χ1) is 14.0. The first-order valence-corrected chi connectivity index (χ1v) is 9.11. The van der Waals surface area contributed by atoms with Gasteiger partial charge in [0.1, 0.15) is 17.2 Å². The summed E-state index contributed by atoms with van der Waals surface area (Å²) in [6.07, 6.45) is 3.60. The van der Waals surface area contributed by atoms with Crippen molar-refractivity contribution in [2.24, 2.45) is 0 Å². The zero-order chi connectivity index (χ0) is 20.5. The number of nitrogens with one attached hydrogen (secondary N) is 1. The number of amides is 1. The number of pyridine rings is 1. The van der Waals surface area contributed by atoms with E-state index >= 15 is 0 Å². The molecule has 2 heterocycles. The van der Waals surface area contributed by atoms with Crippen LogP contribution in [0, 0.1) is 5.82 Å². The van der Waals surface area contributed by atoms with Crippen LogP contribution in [-0.2, 0) is 0 Å². The summed E-state index contributed by atoms with van der Waals surface area (Å²) in [6, 6.07) is 14.3. The number of nitrogens with zero attached hydrogens (tertiary/aromatic N) is 2. The molecule has 0 aliphatic carbocycles. The highest BCUT2D eigenvalue weighted by molar-refractivity contribution is 5.98. The molecule has 0 atom stereocenters. The molecule has 2 aromatic heterocycles. The number of rotatable bonds is 4. The lowest BCUT2D eigenvalue weighted by molar-refractivity contribution is 0.0823. The number of carbonyl (C=O) groups is 1. The maximum Gasteiger partial charge on any atom is 0.256 e. The second kappa shape index (κ2) is 7.39. The van der Waals surface area contributed by atoms with Gasteiger partial charge in [-0.1, -0.05) is 24.3 Å². The molecule has 0 radical (unpaired) electrons. The second-order valence-electron chi connectivity index (χ2n) is 6.92. The van der Waals surface area contributed by atoms with E-state index in [0.717, 1.165) is 39.0 Å². The quantitative estimate of drug-likeness (QED) is 0.548. The van der Waals surface area contributed by atoms with Crippen molar-refractivity contribution >= 4 is 16.9 Å². The Morgan fingerprint density at radius 3 is 2.62 bits per heavy atom. The molecule has 2 aromatic carbocycles. The first kappa shape index (κ1) is 18.7. The summed E-state index contributed by atoms with van der Waals surface area (Å²) in [4.78, 5) is 21.3. The third-order valence-corrected chi connectivity index (χ3v) is 4.86. The molecule has 0 saturated heterocycles. The lowest BCUT2D eigenvalue weighted by Gasteiger charge is -2.12. The van der Waals surface area contributed by atoms with Crippen LogP contribution in [0.15, 0.2) is 60.9 Å². The third kappa shape index (κ3) is 3.33. The molecular weight excluding hydrogens is 369 g/mol. The number of benzene rings is 2. The highest BCUT2D eigenvalue weighted by Crippen LogP contribution is 2.36. The van der Waals surface area contributed by atoms with E-state index in [-0.39, 0.29) is 11.5 Å². The molecule has 6 heteroatoms. The maximum absolute atomic E-state index is 14.2. The number of hydrogen-bond acceptors (Lipinski definition) is 3. The van der Waals surface area contributed by atoms with Gasteiger partial charge in [-0.05, 0) is 29.8 Å². The van der Waals surface area contributed by atoms with Crippen LogP contribution in [0.3, 0.4) is 0 Å². The minimum absolute atomic E-state index is 0.0339. The Hall–Kier alpha value is -3.67. The molecule has 1 N–H and O–H groups in total. The van der Waals surface area contributed by atoms with E-state index in [2.05, 4.69) is 9.97 Å². The maximum atomic E-state index is 14.2. The Morgan fingerprint density at radius 2 is 1.86 bits per heavy atom. The fourth-order valence-corrected chi connectivity index (χ4v) is 3.36. The van der Waals surface area contributed by atoms with E-state index in [0.29, 0.717) is 0 Å². The monoisotopic (exact) mass is 389 g/mol. The van der Waals surface area contributed by atoms with Gasteiger partial charge in [0.2, 0.25) is 0 Å². The van der Waals surface area contributed by atoms with Gasteiger partial charge in [-0.15, -0.1) is 0 Å². The number of para-hydroxylation sites is 1. The Bertz CT molecular complexity index is 1210. The summed E-state index contributed by atoms with van der Waals surface area (Å²) in [5, 5.41) is 0.914. The molecule has 0 unspecified atom stereocenters. The third-order valence-electron chi connectivity index (χ3n) is 4.86. The van der Waals surface area contributed by atoms with E-state index in [1.54, 1.807) is 39.5 Å². The average molecular weight is 389 g/mol. The zero-order valence-corrected chi connectivity index (χ0v) is 16.4. The van der Waals surface area contributed by atoms with Crippen LogP contribution in [0.1, 0.15) is 10.4 Å². The van der Waals surface area contributed by atoms with Crippen LogP contribution < -0.4 is 4.74 Å². The van der Waals surface area contributed by atoms with Crippen molar-refractivity contribution in [2.75, 3.05) is 21.2 Å². The van der Waals surface area contributed by atoms with Gasteiger partial charge in [0.05, 0.1) is 12.7 Å². The summed E-state index contributed by atoms with van der Waals surface area (Å²) < 4.78 is 19.7. The van der Waals surface area contributed by atoms with E-state index in [9.17, 15) is 9.18 Å². The predicted molar refractivity (Wildman–Crippen MR) is 111 cm³/mol. The van der Waals surface area contributed by atoms with Gasteiger partial charge >= 0.3 is 0 Å². The van der Waals surface area contributed by atoms with Gasteiger partial charge in [-0.3, -0.25) is 4.79 Å². The fraction of sp³-hybridized carbons (Fsp3) is 0.130. The summed E-state index contributed by atoms with van der Waals surface area (Å²) in [6.45, 7) is 0. The largest absolute Gasteiger partial charge is 0.496 e. The van der Waals surface area contributed by atoms with Crippen molar-refractivity contribution in [3.05, 3.63) is 72.3 Å². The summed E-state index contributed by atoms with van der Waals surface area (Å²) in [5.74, 6) is -0.160. The Morgan fingerprint density at radius 1 is 1.07 bits per heavy atom. The lowest BCUT2D eigenvalue weighted by atomic mass is 10.00. The number of fused-ring (bicyclic) bond motifs is 1. The Labute approximate surface area is 167 Å². The fourth-order valence-electron chi connectivity index (χ4n) is 3.36. The summed E-state index contributed by atoms with van der Waals surface area (Å²) in [5.41, 5.74) is 4.19. The van der Waals surface area contributed by atoms with Gasteiger partial charge in [-0.2, -0.15) is 0 Å². The SMILES string of the molecule is COc1ccccc1-c1c[nH]c2ncc(-c3ccc(F)c(C(=O)N(C)C)c3)cc12. The standard InChI is InChI=1S/C23H20FN3O2/c1-27(2)23(28)18-10-14(8-9-20(18)24)15-11-17-19(13-26-22(17)25-12-15)16-6-4-5-7-21(16)29-3/h4-13H,1-3H3,(H,25,26). The molecule has 5 nitrogen and oxygen atoms in total. The van der Waals surface area contributed by atoms with Gasteiger partial charge in [-0.25, -0.2) is 9.37 Å². The first-order valence-electron chi connectivity index (χ1n) is 9.11. The highest BCUT2D eigenvalue weighted by Gasteiger charge is 2.16. The number of aromatic amines is 1. The predicted octanol–water partition coefficient (Wildman–Crippen LogP) is 4.75. The molecule has 0 saturated carbocycles. The number of carbonyl (C=O) groups excluding carboxylic acids is 1. The van der Waals surface area contributed by atoms with Crippen molar-refractivity contribution in [3.63, 3.8) is 0 Å². The molecule has 0 spiro atoms. The van der Waals surface area contributed by atoms with Crippen molar-refractivity contribution in [2.45, 2.75) is 0 Å². The Kier molecular flexibility index (Phi) is 4.76. The van der Waals surface area contributed by atoms with Crippen LogP contribution in [-0.4, -0.2) is 42.0 Å². The lowest BCUT2D eigenvalue weighted by Crippen LogP contribution is -2.22. The van der Waals surface area contributed by atoms with Crippen molar-refractivity contribution < 1.29 is 13.9 Å². The number of aromatic nitrogens is 2. The van der Waals surface area contributed by atoms with Gasteiger partial charge in [0, 0.05) is 48.6 Å². The van der Waals surface area contributed by atoms with E-state index in [4.69, 9.17) is 4.74 Å². The molecule has 0 aliphatic rings. The molecule has 1 amide bonds. The summed E-state index contributed by atoms with van der Waals surface area (Å²) >= 11 is 0. The second-order valence-corrected chi connectivity index (χ2v) is 6.92. The van der Waals surface area contributed by atoms with E-state index in [1.807, 2.05) is 36.5 Å². The number of halogens is 1.